The van der Waals surface area contributed by atoms with Gasteiger partial charge >= 0.3 is 5.97 Å². The third kappa shape index (κ3) is 4.00. The highest BCUT2D eigenvalue weighted by atomic mass is 16.5. The zero-order valence-electron chi connectivity index (χ0n) is 10.2. The molecule has 0 saturated carbocycles. The van der Waals surface area contributed by atoms with E-state index in [2.05, 4.69) is 0 Å². The molecule has 1 N–H and O–H groups in total. The Bertz CT molecular complexity index is 412. The molecule has 0 aliphatic rings. The number of hydrogen-bond donors (Lipinski definition) is 1. The third-order valence-electron chi connectivity index (χ3n) is 2.21. The molecule has 4 heteroatoms. The van der Waals surface area contributed by atoms with Gasteiger partial charge in [0.05, 0.1) is 0 Å². The number of esters is 1. The molecule has 0 atom stereocenters. The van der Waals surface area contributed by atoms with Crippen LogP contribution in [0.25, 0.3) is 0 Å². The maximum absolute atomic E-state index is 11.7. The highest BCUT2D eigenvalue weighted by Crippen LogP contribution is 2.13. The normalized spacial score (nSPS) is 11.1. The number of hydrogen-bond acceptors (Lipinski definition) is 4. The summed E-state index contributed by atoms with van der Waals surface area (Å²) in [7, 11) is 0. The molecule has 17 heavy (non-hydrogen) atoms. The van der Waals surface area contributed by atoms with Gasteiger partial charge in [0.2, 0.25) is 0 Å². The Kier molecular flexibility index (Phi) is 4.02. The van der Waals surface area contributed by atoms with Crippen LogP contribution in [0, 0.1) is 0 Å². The van der Waals surface area contributed by atoms with E-state index < -0.39 is 5.60 Å². The first-order valence-corrected chi connectivity index (χ1v) is 5.30. The fourth-order valence-electron chi connectivity index (χ4n) is 1.29. The molecule has 0 amide bonds. The van der Waals surface area contributed by atoms with Crippen LogP contribution < -0.4 is 0 Å². The van der Waals surface area contributed by atoms with E-state index >= 15 is 0 Å². The van der Waals surface area contributed by atoms with Crippen LogP contribution in [0.5, 0.6) is 0 Å². The van der Waals surface area contributed by atoms with Gasteiger partial charge in [0.1, 0.15) is 12.2 Å². The lowest BCUT2D eigenvalue weighted by Crippen LogP contribution is -2.31. The lowest BCUT2D eigenvalue weighted by Gasteiger charge is -2.15. The zero-order valence-corrected chi connectivity index (χ0v) is 10.2. The van der Waals surface area contributed by atoms with Crippen LogP contribution in [-0.2, 0) is 16.1 Å². The Morgan fingerprint density at radius 2 is 1.76 bits per heavy atom. The fourth-order valence-corrected chi connectivity index (χ4v) is 1.29. The predicted molar refractivity (Wildman–Crippen MR) is 62.5 cm³/mol. The molecule has 1 aromatic carbocycles. The van der Waals surface area contributed by atoms with Gasteiger partial charge in [-0.05, 0) is 19.4 Å². The van der Waals surface area contributed by atoms with Crippen molar-refractivity contribution >= 4 is 11.8 Å². The molecule has 1 aromatic rings. The van der Waals surface area contributed by atoms with E-state index in [0.29, 0.717) is 5.56 Å². The van der Waals surface area contributed by atoms with Gasteiger partial charge in [-0.25, -0.2) is 0 Å². The van der Waals surface area contributed by atoms with Gasteiger partial charge in [-0.15, -0.1) is 0 Å². The van der Waals surface area contributed by atoms with Gasteiger partial charge in [0.25, 0.3) is 0 Å². The molecule has 1 rings (SSSR count). The summed E-state index contributed by atoms with van der Waals surface area (Å²) in [6.45, 7) is 4.42. The monoisotopic (exact) mass is 236 g/mol. The van der Waals surface area contributed by atoms with Crippen molar-refractivity contribution in [1.82, 2.24) is 0 Å². The SMILES string of the molecule is CC(=O)OCc1ccc(C(=O)C(C)(C)O)cc1. The minimum atomic E-state index is -1.38. The molecule has 0 aromatic heterocycles. The van der Waals surface area contributed by atoms with Crippen molar-refractivity contribution in [2.45, 2.75) is 33.0 Å². The van der Waals surface area contributed by atoms with E-state index in [1.54, 1.807) is 24.3 Å². The molecule has 0 spiro atoms. The maximum Gasteiger partial charge on any atom is 0.302 e. The van der Waals surface area contributed by atoms with Gasteiger partial charge in [-0.3, -0.25) is 9.59 Å². The van der Waals surface area contributed by atoms with Crippen molar-refractivity contribution in [3.8, 4) is 0 Å². The van der Waals surface area contributed by atoms with E-state index in [9.17, 15) is 14.7 Å². The van der Waals surface area contributed by atoms with Gasteiger partial charge in [-0.1, -0.05) is 24.3 Å². The molecule has 0 aliphatic carbocycles. The number of carbonyl (C=O) groups is 2. The highest BCUT2D eigenvalue weighted by Gasteiger charge is 2.24. The quantitative estimate of drug-likeness (QED) is 0.638. The first kappa shape index (κ1) is 13.4. The molecule has 0 heterocycles. The van der Waals surface area contributed by atoms with Gasteiger partial charge in [0, 0.05) is 12.5 Å². The fraction of sp³-hybridized carbons (Fsp3) is 0.385. The van der Waals surface area contributed by atoms with Crippen LogP contribution in [0.2, 0.25) is 0 Å². The smallest absolute Gasteiger partial charge is 0.302 e. The van der Waals surface area contributed by atoms with Crippen LogP contribution in [0.1, 0.15) is 36.7 Å². The zero-order chi connectivity index (χ0) is 13.1. The van der Waals surface area contributed by atoms with E-state index in [-0.39, 0.29) is 18.4 Å². The number of rotatable bonds is 4. The molecule has 0 aliphatic heterocycles. The van der Waals surface area contributed by atoms with Crippen LogP contribution >= 0.6 is 0 Å². The van der Waals surface area contributed by atoms with Crippen molar-refractivity contribution in [3.63, 3.8) is 0 Å². The first-order valence-electron chi connectivity index (χ1n) is 5.30. The molecular formula is C13H16O4. The summed E-state index contributed by atoms with van der Waals surface area (Å²) in [5.41, 5.74) is -0.145. The number of ketones is 1. The Balaban J connectivity index is 2.75. The molecule has 0 saturated heterocycles. The number of benzene rings is 1. The summed E-state index contributed by atoms with van der Waals surface area (Å²) in [6, 6.07) is 6.61. The maximum atomic E-state index is 11.7. The van der Waals surface area contributed by atoms with Crippen molar-refractivity contribution in [2.24, 2.45) is 0 Å². The van der Waals surface area contributed by atoms with Crippen molar-refractivity contribution < 1.29 is 19.4 Å². The van der Waals surface area contributed by atoms with E-state index in [1.807, 2.05) is 0 Å². The van der Waals surface area contributed by atoms with Crippen molar-refractivity contribution in [1.29, 1.82) is 0 Å². The molecular weight excluding hydrogens is 220 g/mol. The molecule has 0 unspecified atom stereocenters. The summed E-state index contributed by atoms with van der Waals surface area (Å²) >= 11 is 0. The van der Waals surface area contributed by atoms with Gasteiger partial charge in [-0.2, -0.15) is 0 Å². The second-order valence-electron chi connectivity index (χ2n) is 4.37. The number of ether oxygens (including phenoxy) is 1. The van der Waals surface area contributed by atoms with E-state index in [4.69, 9.17) is 4.74 Å². The average Bonchev–Trinajstić information content (AvgIpc) is 2.25. The van der Waals surface area contributed by atoms with Crippen LogP contribution in [-0.4, -0.2) is 22.5 Å². The highest BCUT2D eigenvalue weighted by molar-refractivity contribution is 6.01. The van der Waals surface area contributed by atoms with Crippen LogP contribution in [0.15, 0.2) is 24.3 Å². The number of carbonyl (C=O) groups excluding carboxylic acids is 2. The summed E-state index contributed by atoms with van der Waals surface area (Å²) in [4.78, 5) is 22.3. The largest absolute Gasteiger partial charge is 0.461 e. The lowest BCUT2D eigenvalue weighted by atomic mass is 9.96. The Morgan fingerprint density at radius 1 is 1.24 bits per heavy atom. The van der Waals surface area contributed by atoms with Crippen molar-refractivity contribution in [3.05, 3.63) is 35.4 Å². The van der Waals surface area contributed by atoms with Crippen LogP contribution in [0.4, 0.5) is 0 Å². The summed E-state index contributed by atoms with van der Waals surface area (Å²) in [5.74, 6) is -0.682. The molecule has 0 radical (unpaired) electrons. The third-order valence-corrected chi connectivity index (χ3v) is 2.21. The Hall–Kier alpha value is -1.68. The second kappa shape index (κ2) is 5.10. The number of Topliss-reactive ketones (excluding diaryl/α,β-unsaturated/α-hetero) is 1. The predicted octanol–water partition coefficient (Wildman–Crippen LogP) is 1.70. The molecule has 4 nitrogen and oxygen atoms in total. The van der Waals surface area contributed by atoms with Crippen molar-refractivity contribution in [2.75, 3.05) is 0 Å². The summed E-state index contributed by atoms with van der Waals surface area (Å²) in [5, 5.41) is 9.57. The standard InChI is InChI=1S/C13H16O4/c1-9(14)17-8-10-4-6-11(7-5-10)12(15)13(2,3)16/h4-7,16H,8H2,1-3H3. The first-order chi connectivity index (χ1) is 7.80. The Labute approximate surface area is 100 Å². The molecule has 0 fully saturated rings. The molecule has 0 bridgehead atoms. The minimum absolute atomic E-state index is 0.187. The molecule has 92 valence electrons. The lowest BCUT2D eigenvalue weighted by molar-refractivity contribution is -0.142. The van der Waals surface area contributed by atoms with E-state index in [1.165, 1.54) is 20.8 Å². The summed E-state index contributed by atoms with van der Waals surface area (Å²) < 4.78 is 4.82. The second-order valence-corrected chi connectivity index (χ2v) is 4.37. The average molecular weight is 236 g/mol. The topological polar surface area (TPSA) is 63.6 Å². The minimum Gasteiger partial charge on any atom is -0.461 e. The summed E-state index contributed by atoms with van der Waals surface area (Å²) in [6.07, 6.45) is 0. The van der Waals surface area contributed by atoms with Crippen LogP contribution in [0.3, 0.4) is 0 Å². The van der Waals surface area contributed by atoms with Gasteiger partial charge < -0.3 is 9.84 Å². The van der Waals surface area contributed by atoms with Gasteiger partial charge in [0.15, 0.2) is 5.78 Å². The van der Waals surface area contributed by atoms with E-state index in [0.717, 1.165) is 5.56 Å². The Morgan fingerprint density at radius 3 is 2.18 bits per heavy atom. The number of aliphatic hydroxyl groups is 1.